The first-order valence-corrected chi connectivity index (χ1v) is 6.82. The summed E-state index contributed by atoms with van der Waals surface area (Å²) in [6.45, 7) is 6.54. The van der Waals surface area contributed by atoms with E-state index in [1.807, 2.05) is 0 Å². The fourth-order valence-corrected chi connectivity index (χ4v) is 2.19. The Morgan fingerprint density at radius 1 is 1.15 bits per heavy atom. The lowest BCUT2D eigenvalue weighted by Gasteiger charge is -2.19. The molecular formula is C17H21FN2. The maximum absolute atomic E-state index is 13.6. The molecule has 1 unspecified atom stereocenters. The van der Waals surface area contributed by atoms with Gasteiger partial charge in [0.25, 0.3) is 0 Å². The molecule has 2 aromatic rings. The zero-order valence-corrected chi connectivity index (χ0v) is 12.2. The maximum atomic E-state index is 13.6. The summed E-state index contributed by atoms with van der Waals surface area (Å²) < 4.78 is 13.6. The van der Waals surface area contributed by atoms with E-state index in [0.29, 0.717) is 12.0 Å². The van der Waals surface area contributed by atoms with Gasteiger partial charge >= 0.3 is 0 Å². The molecule has 0 aliphatic heterocycles. The lowest BCUT2D eigenvalue weighted by atomic mass is 9.86. The Kier molecular flexibility index (Phi) is 4.19. The summed E-state index contributed by atoms with van der Waals surface area (Å²) in [6, 6.07) is 9.66. The maximum Gasteiger partial charge on any atom is 0.146 e. The highest BCUT2D eigenvalue weighted by molar-refractivity contribution is 5.29. The molecule has 2 rings (SSSR count). The van der Waals surface area contributed by atoms with E-state index >= 15 is 0 Å². The summed E-state index contributed by atoms with van der Waals surface area (Å²) in [5.41, 5.74) is 9.13. The lowest BCUT2D eigenvalue weighted by Crippen LogP contribution is -2.15. The molecule has 106 valence electrons. The third-order valence-electron chi connectivity index (χ3n) is 3.48. The average Bonchev–Trinajstić information content (AvgIpc) is 2.38. The number of halogens is 1. The van der Waals surface area contributed by atoms with Gasteiger partial charge in [-0.3, -0.25) is 4.98 Å². The molecule has 1 atom stereocenters. The molecule has 0 bridgehead atoms. The van der Waals surface area contributed by atoms with Crippen LogP contribution in [0.25, 0.3) is 0 Å². The summed E-state index contributed by atoms with van der Waals surface area (Å²) in [6.07, 6.45) is 3.39. The van der Waals surface area contributed by atoms with Gasteiger partial charge in [0.05, 0.1) is 6.20 Å². The summed E-state index contributed by atoms with van der Waals surface area (Å²) in [4.78, 5) is 3.74. The average molecular weight is 272 g/mol. The molecule has 0 amide bonds. The van der Waals surface area contributed by atoms with Gasteiger partial charge in [-0.05, 0) is 29.0 Å². The molecule has 0 saturated carbocycles. The second kappa shape index (κ2) is 5.71. The number of pyridine rings is 1. The van der Waals surface area contributed by atoms with Gasteiger partial charge in [-0.15, -0.1) is 0 Å². The number of benzene rings is 1. The van der Waals surface area contributed by atoms with Crippen LogP contribution in [0.1, 0.15) is 43.5 Å². The fraction of sp³-hybridized carbons (Fsp3) is 0.353. The van der Waals surface area contributed by atoms with Crippen LogP contribution in [0.5, 0.6) is 0 Å². The van der Waals surface area contributed by atoms with Gasteiger partial charge in [-0.25, -0.2) is 4.39 Å². The van der Waals surface area contributed by atoms with Crippen molar-refractivity contribution in [1.29, 1.82) is 0 Å². The van der Waals surface area contributed by atoms with E-state index < -0.39 is 0 Å². The molecule has 0 radical (unpaired) electrons. The van der Waals surface area contributed by atoms with Crippen LogP contribution in [0, 0.1) is 5.82 Å². The van der Waals surface area contributed by atoms with Crippen molar-refractivity contribution in [1.82, 2.24) is 4.98 Å². The predicted octanol–water partition coefficient (Wildman–Crippen LogP) is 3.76. The number of aromatic nitrogens is 1. The summed E-state index contributed by atoms with van der Waals surface area (Å²) in [7, 11) is 0. The van der Waals surface area contributed by atoms with Crippen LogP contribution >= 0.6 is 0 Å². The molecule has 2 nitrogen and oxygen atoms in total. The highest BCUT2D eigenvalue weighted by Gasteiger charge is 2.15. The van der Waals surface area contributed by atoms with Crippen LogP contribution in [0.15, 0.2) is 42.7 Å². The number of hydrogen-bond donors (Lipinski definition) is 1. The molecule has 0 spiro atoms. The van der Waals surface area contributed by atoms with Crippen molar-refractivity contribution in [2.24, 2.45) is 5.73 Å². The number of rotatable bonds is 3. The molecular weight excluding hydrogens is 251 g/mol. The van der Waals surface area contributed by atoms with Gasteiger partial charge in [0, 0.05) is 17.8 Å². The smallest absolute Gasteiger partial charge is 0.146 e. The summed E-state index contributed by atoms with van der Waals surface area (Å²) in [5, 5.41) is 0. The summed E-state index contributed by atoms with van der Waals surface area (Å²) >= 11 is 0. The molecule has 20 heavy (non-hydrogen) atoms. The number of nitrogens with two attached hydrogens (primary N) is 1. The first-order chi connectivity index (χ1) is 9.38. The van der Waals surface area contributed by atoms with E-state index in [1.165, 1.54) is 11.8 Å². The van der Waals surface area contributed by atoms with Crippen molar-refractivity contribution < 1.29 is 4.39 Å². The van der Waals surface area contributed by atoms with Gasteiger partial charge < -0.3 is 5.73 Å². The predicted molar refractivity (Wildman–Crippen MR) is 80.0 cm³/mol. The second-order valence-electron chi connectivity index (χ2n) is 6.15. The quantitative estimate of drug-likeness (QED) is 0.924. The largest absolute Gasteiger partial charge is 0.324 e. The molecule has 0 aliphatic carbocycles. The standard InChI is InChI=1S/C17H21FN2/c1-17(2,3)13-6-4-12(5-7-13)10-16(19)14-8-9-20-11-15(14)18/h4-9,11,16H,10,19H2,1-3H3. The number of hydrogen-bond acceptors (Lipinski definition) is 2. The minimum absolute atomic E-state index is 0.137. The van der Waals surface area contributed by atoms with E-state index in [1.54, 1.807) is 12.3 Å². The van der Waals surface area contributed by atoms with Crippen LogP contribution < -0.4 is 5.73 Å². The first-order valence-electron chi connectivity index (χ1n) is 6.82. The normalized spacial score (nSPS) is 13.2. The van der Waals surface area contributed by atoms with E-state index in [0.717, 1.165) is 5.56 Å². The van der Waals surface area contributed by atoms with E-state index in [2.05, 4.69) is 50.0 Å². The number of nitrogens with zero attached hydrogens (tertiary/aromatic N) is 1. The molecule has 1 aromatic carbocycles. The monoisotopic (exact) mass is 272 g/mol. The van der Waals surface area contributed by atoms with Crippen LogP contribution in [-0.2, 0) is 11.8 Å². The van der Waals surface area contributed by atoms with Crippen LogP contribution in [0.3, 0.4) is 0 Å². The Labute approximate surface area is 119 Å². The zero-order valence-electron chi connectivity index (χ0n) is 12.2. The molecule has 1 aromatic heterocycles. The van der Waals surface area contributed by atoms with Gasteiger partial charge in [0.1, 0.15) is 5.82 Å². The Hall–Kier alpha value is -1.74. The first kappa shape index (κ1) is 14.7. The molecule has 0 saturated heterocycles. The van der Waals surface area contributed by atoms with Gasteiger partial charge in [-0.1, -0.05) is 45.0 Å². The van der Waals surface area contributed by atoms with Crippen molar-refractivity contribution >= 4 is 0 Å². The van der Waals surface area contributed by atoms with Crippen LogP contribution in [0.2, 0.25) is 0 Å². The van der Waals surface area contributed by atoms with Gasteiger partial charge in [0.15, 0.2) is 0 Å². The van der Waals surface area contributed by atoms with Crippen molar-refractivity contribution in [3.63, 3.8) is 0 Å². The van der Waals surface area contributed by atoms with E-state index in [-0.39, 0.29) is 17.3 Å². The minimum atomic E-state index is -0.349. The minimum Gasteiger partial charge on any atom is -0.324 e. The molecule has 0 aliphatic rings. The van der Waals surface area contributed by atoms with Crippen LogP contribution in [0.4, 0.5) is 4.39 Å². The highest BCUT2D eigenvalue weighted by Crippen LogP contribution is 2.24. The Bertz CT molecular complexity index is 570. The van der Waals surface area contributed by atoms with Crippen molar-refractivity contribution in [3.05, 3.63) is 65.2 Å². The van der Waals surface area contributed by atoms with Crippen molar-refractivity contribution in [3.8, 4) is 0 Å². The van der Waals surface area contributed by atoms with E-state index in [9.17, 15) is 4.39 Å². The highest BCUT2D eigenvalue weighted by atomic mass is 19.1. The van der Waals surface area contributed by atoms with Gasteiger partial charge in [0.2, 0.25) is 0 Å². The van der Waals surface area contributed by atoms with Gasteiger partial charge in [-0.2, -0.15) is 0 Å². The Morgan fingerprint density at radius 3 is 2.35 bits per heavy atom. The zero-order chi connectivity index (χ0) is 14.8. The topological polar surface area (TPSA) is 38.9 Å². The SMILES string of the molecule is CC(C)(C)c1ccc(CC(N)c2ccncc2F)cc1. The Morgan fingerprint density at radius 2 is 1.80 bits per heavy atom. The van der Waals surface area contributed by atoms with Crippen molar-refractivity contribution in [2.75, 3.05) is 0 Å². The van der Waals surface area contributed by atoms with E-state index in [4.69, 9.17) is 5.73 Å². The molecule has 1 heterocycles. The lowest BCUT2D eigenvalue weighted by molar-refractivity contribution is 0.574. The Balaban J connectivity index is 2.13. The molecule has 3 heteroatoms. The summed E-state index contributed by atoms with van der Waals surface area (Å²) in [5.74, 6) is -0.341. The van der Waals surface area contributed by atoms with Crippen molar-refractivity contribution in [2.45, 2.75) is 38.6 Å². The third kappa shape index (κ3) is 3.42. The fourth-order valence-electron chi connectivity index (χ4n) is 2.19. The second-order valence-corrected chi connectivity index (χ2v) is 6.15. The van der Waals surface area contributed by atoms with Crippen LogP contribution in [-0.4, -0.2) is 4.98 Å². The molecule has 2 N–H and O–H groups in total. The third-order valence-corrected chi connectivity index (χ3v) is 3.48. The molecule has 0 fully saturated rings.